The Morgan fingerprint density at radius 2 is 2.20 bits per heavy atom. The van der Waals surface area contributed by atoms with Gasteiger partial charge in [0.05, 0.1) is 6.10 Å². The van der Waals surface area contributed by atoms with Crippen LogP contribution in [0, 0.1) is 5.92 Å². The summed E-state index contributed by atoms with van der Waals surface area (Å²) in [6.45, 7) is 5.95. The number of aliphatic hydroxyl groups excluding tert-OH is 1. The average Bonchev–Trinajstić information content (AvgIpc) is 2.18. The SMILES string of the molecule is C=C(C)C1Cc2ccc(O)cc2[C@@H](O)C1. The lowest BCUT2D eigenvalue weighted by Gasteiger charge is -2.29. The molecule has 0 spiro atoms. The number of hydrogen-bond acceptors (Lipinski definition) is 2. The Bertz CT molecular complexity index is 396. The first kappa shape index (κ1) is 10.2. The second-order valence-electron chi connectivity index (χ2n) is 4.38. The molecule has 15 heavy (non-hydrogen) atoms. The molecule has 0 aromatic heterocycles. The fourth-order valence-electron chi connectivity index (χ4n) is 2.20. The van der Waals surface area contributed by atoms with Gasteiger partial charge in [-0.25, -0.2) is 0 Å². The largest absolute Gasteiger partial charge is 0.508 e. The summed E-state index contributed by atoms with van der Waals surface area (Å²) < 4.78 is 0. The van der Waals surface area contributed by atoms with Crippen molar-refractivity contribution >= 4 is 0 Å². The molecule has 1 aromatic carbocycles. The first-order valence-electron chi connectivity index (χ1n) is 5.23. The molecular weight excluding hydrogens is 188 g/mol. The van der Waals surface area contributed by atoms with Crippen LogP contribution in [0.3, 0.4) is 0 Å². The molecule has 0 aliphatic heterocycles. The zero-order valence-electron chi connectivity index (χ0n) is 8.90. The Labute approximate surface area is 89.9 Å². The minimum atomic E-state index is -0.470. The van der Waals surface area contributed by atoms with Gasteiger partial charge in [0.15, 0.2) is 0 Å². The van der Waals surface area contributed by atoms with Crippen LogP contribution >= 0.6 is 0 Å². The predicted octanol–water partition coefficient (Wildman–Crippen LogP) is 2.56. The fraction of sp³-hybridized carbons (Fsp3) is 0.385. The van der Waals surface area contributed by atoms with Crippen LogP contribution in [0.5, 0.6) is 5.75 Å². The van der Waals surface area contributed by atoms with Gasteiger partial charge < -0.3 is 10.2 Å². The normalized spacial score (nSPS) is 24.7. The number of fused-ring (bicyclic) bond motifs is 1. The lowest BCUT2D eigenvalue weighted by Crippen LogP contribution is -2.19. The van der Waals surface area contributed by atoms with Gasteiger partial charge in [-0.1, -0.05) is 18.2 Å². The van der Waals surface area contributed by atoms with Crippen molar-refractivity contribution in [1.82, 2.24) is 0 Å². The van der Waals surface area contributed by atoms with Crippen LogP contribution in [-0.2, 0) is 6.42 Å². The maximum absolute atomic E-state index is 9.95. The van der Waals surface area contributed by atoms with Crippen molar-refractivity contribution in [2.75, 3.05) is 0 Å². The van der Waals surface area contributed by atoms with Gasteiger partial charge in [-0.2, -0.15) is 0 Å². The highest BCUT2D eigenvalue weighted by Gasteiger charge is 2.25. The number of aromatic hydroxyl groups is 1. The van der Waals surface area contributed by atoms with Crippen LogP contribution < -0.4 is 0 Å². The van der Waals surface area contributed by atoms with E-state index < -0.39 is 6.10 Å². The van der Waals surface area contributed by atoms with Gasteiger partial charge in [-0.3, -0.25) is 0 Å². The molecule has 0 amide bonds. The molecule has 0 saturated carbocycles. The average molecular weight is 204 g/mol. The minimum Gasteiger partial charge on any atom is -0.508 e. The second kappa shape index (κ2) is 3.70. The molecule has 0 saturated heterocycles. The molecule has 1 aliphatic carbocycles. The minimum absolute atomic E-state index is 0.224. The van der Waals surface area contributed by atoms with Crippen LogP contribution in [-0.4, -0.2) is 10.2 Å². The third kappa shape index (κ3) is 1.90. The van der Waals surface area contributed by atoms with Gasteiger partial charge in [0.1, 0.15) is 5.75 Å². The van der Waals surface area contributed by atoms with Gasteiger partial charge in [0.25, 0.3) is 0 Å². The third-order valence-corrected chi connectivity index (χ3v) is 3.16. The van der Waals surface area contributed by atoms with Crippen molar-refractivity contribution in [3.8, 4) is 5.75 Å². The zero-order chi connectivity index (χ0) is 11.0. The van der Waals surface area contributed by atoms with Crippen LogP contribution in [0.2, 0.25) is 0 Å². The summed E-state index contributed by atoms with van der Waals surface area (Å²) in [5.74, 6) is 0.582. The first-order chi connectivity index (χ1) is 7.08. The number of aliphatic hydroxyl groups is 1. The molecular formula is C13H16O2. The van der Waals surface area contributed by atoms with E-state index in [1.54, 1.807) is 12.1 Å². The molecule has 0 heterocycles. The van der Waals surface area contributed by atoms with E-state index in [0.29, 0.717) is 12.3 Å². The summed E-state index contributed by atoms with van der Waals surface area (Å²) in [5.41, 5.74) is 3.11. The van der Waals surface area contributed by atoms with Crippen LogP contribution in [0.4, 0.5) is 0 Å². The summed E-state index contributed by atoms with van der Waals surface area (Å²) >= 11 is 0. The zero-order valence-corrected chi connectivity index (χ0v) is 8.90. The highest BCUT2D eigenvalue weighted by Crippen LogP contribution is 2.37. The Morgan fingerprint density at radius 3 is 2.87 bits per heavy atom. The fourth-order valence-corrected chi connectivity index (χ4v) is 2.20. The van der Waals surface area contributed by atoms with E-state index in [1.165, 1.54) is 0 Å². The Morgan fingerprint density at radius 1 is 1.47 bits per heavy atom. The maximum atomic E-state index is 9.95. The van der Waals surface area contributed by atoms with Gasteiger partial charge in [-0.15, -0.1) is 0 Å². The van der Waals surface area contributed by atoms with E-state index >= 15 is 0 Å². The van der Waals surface area contributed by atoms with Crippen molar-refractivity contribution in [3.63, 3.8) is 0 Å². The lowest BCUT2D eigenvalue weighted by atomic mass is 9.79. The number of benzene rings is 1. The van der Waals surface area contributed by atoms with Crippen LogP contribution in [0.15, 0.2) is 30.4 Å². The van der Waals surface area contributed by atoms with Crippen molar-refractivity contribution in [3.05, 3.63) is 41.5 Å². The molecule has 2 heteroatoms. The highest BCUT2D eigenvalue weighted by atomic mass is 16.3. The smallest absolute Gasteiger partial charge is 0.115 e. The topological polar surface area (TPSA) is 40.5 Å². The lowest BCUT2D eigenvalue weighted by molar-refractivity contribution is 0.139. The van der Waals surface area contributed by atoms with Crippen molar-refractivity contribution < 1.29 is 10.2 Å². The molecule has 2 nitrogen and oxygen atoms in total. The molecule has 2 atom stereocenters. The summed E-state index contributed by atoms with van der Waals surface area (Å²) in [7, 11) is 0. The second-order valence-corrected chi connectivity index (χ2v) is 4.38. The van der Waals surface area contributed by atoms with E-state index in [2.05, 4.69) is 6.58 Å². The number of phenolic OH excluding ortho intramolecular Hbond substituents is 1. The predicted molar refractivity (Wildman–Crippen MR) is 59.7 cm³/mol. The highest BCUT2D eigenvalue weighted by molar-refractivity contribution is 5.39. The molecule has 2 rings (SSSR count). The van der Waals surface area contributed by atoms with Crippen molar-refractivity contribution in [1.29, 1.82) is 0 Å². The van der Waals surface area contributed by atoms with Gasteiger partial charge in [-0.05, 0) is 48.9 Å². The molecule has 0 fully saturated rings. The summed E-state index contributed by atoms with van der Waals surface area (Å²) in [6, 6.07) is 5.23. The maximum Gasteiger partial charge on any atom is 0.115 e. The third-order valence-electron chi connectivity index (χ3n) is 3.16. The Balaban J connectivity index is 2.36. The van der Waals surface area contributed by atoms with Crippen molar-refractivity contribution in [2.45, 2.75) is 25.9 Å². The quantitative estimate of drug-likeness (QED) is 0.690. The first-order valence-corrected chi connectivity index (χ1v) is 5.23. The molecule has 1 aromatic rings. The summed E-state index contributed by atoms with van der Waals surface area (Å²) in [4.78, 5) is 0. The monoisotopic (exact) mass is 204 g/mol. The Kier molecular flexibility index (Phi) is 2.53. The number of rotatable bonds is 1. The van der Waals surface area contributed by atoms with E-state index in [9.17, 15) is 10.2 Å². The van der Waals surface area contributed by atoms with E-state index in [1.807, 2.05) is 13.0 Å². The number of phenols is 1. The molecule has 0 bridgehead atoms. The van der Waals surface area contributed by atoms with E-state index in [0.717, 1.165) is 23.1 Å². The number of allylic oxidation sites excluding steroid dienone is 1. The Hall–Kier alpha value is -1.28. The van der Waals surface area contributed by atoms with E-state index in [4.69, 9.17) is 0 Å². The van der Waals surface area contributed by atoms with Gasteiger partial charge in [0, 0.05) is 0 Å². The summed E-state index contributed by atoms with van der Waals surface area (Å²) in [5, 5.41) is 19.3. The van der Waals surface area contributed by atoms with Gasteiger partial charge >= 0.3 is 0 Å². The van der Waals surface area contributed by atoms with Crippen LogP contribution in [0.1, 0.15) is 30.6 Å². The van der Waals surface area contributed by atoms with Crippen LogP contribution in [0.25, 0.3) is 0 Å². The van der Waals surface area contributed by atoms with Crippen molar-refractivity contribution in [2.24, 2.45) is 5.92 Å². The molecule has 2 N–H and O–H groups in total. The molecule has 1 unspecified atom stereocenters. The molecule has 80 valence electrons. The summed E-state index contributed by atoms with van der Waals surface area (Å²) in [6.07, 6.45) is 1.16. The molecule has 0 radical (unpaired) electrons. The number of hydrogen-bond donors (Lipinski definition) is 2. The van der Waals surface area contributed by atoms with E-state index in [-0.39, 0.29) is 5.75 Å². The molecule has 1 aliphatic rings. The standard InChI is InChI=1S/C13H16O2/c1-8(2)10-5-9-3-4-11(14)7-12(9)13(15)6-10/h3-4,7,10,13-15H,1,5-6H2,2H3/t10?,13-/m0/s1. The van der Waals surface area contributed by atoms with Gasteiger partial charge in [0.2, 0.25) is 0 Å².